The highest BCUT2D eigenvalue weighted by Gasteiger charge is 2.33. The molecule has 0 atom stereocenters. The number of amides is 1. The Morgan fingerprint density at radius 1 is 1.17 bits per heavy atom. The maximum absolute atomic E-state index is 12.6. The highest BCUT2D eigenvalue weighted by molar-refractivity contribution is 5.92. The number of rotatable bonds is 4. The van der Waals surface area contributed by atoms with E-state index in [1.807, 2.05) is 10.7 Å². The lowest BCUT2D eigenvalue weighted by Crippen LogP contribution is -2.39. The number of aliphatic carboxylic acids is 1. The third-order valence-electron chi connectivity index (χ3n) is 5.01. The first kappa shape index (κ1) is 17.0. The van der Waals surface area contributed by atoms with E-state index in [1.54, 1.807) is 0 Å². The maximum Gasteiger partial charge on any atom is 0.306 e. The molecule has 0 bridgehead atoms. The Labute approximate surface area is 142 Å². The van der Waals surface area contributed by atoms with E-state index in [1.165, 1.54) is 12.8 Å². The zero-order chi connectivity index (χ0) is 17.5. The molecule has 6 nitrogen and oxygen atoms in total. The third kappa shape index (κ3) is 3.62. The minimum atomic E-state index is -0.724. The number of nitrogens with zero attached hydrogens (tertiary/aromatic N) is 2. The topological polar surface area (TPSA) is 84.2 Å². The zero-order valence-electron chi connectivity index (χ0n) is 14.7. The smallest absolute Gasteiger partial charge is 0.306 e. The first-order valence-electron chi connectivity index (χ1n) is 8.90. The molecule has 132 valence electrons. The van der Waals surface area contributed by atoms with Crippen molar-refractivity contribution in [2.75, 3.05) is 0 Å². The molecule has 2 saturated carbocycles. The Morgan fingerprint density at radius 3 is 2.29 bits per heavy atom. The van der Waals surface area contributed by atoms with Gasteiger partial charge in [-0.3, -0.25) is 14.3 Å². The standard InChI is InChI=1S/C18H27N3O3/c1-18(2,3)21-15(11-4-5-11)10-14(20-21)16(22)19-13-8-6-12(7-9-13)17(23)24/h10-13H,4-9H2,1-3H3,(H,19,22)(H,23,24). The van der Waals surface area contributed by atoms with Crippen LogP contribution in [0.15, 0.2) is 6.07 Å². The van der Waals surface area contributed by atoms with Crippen molar-refractivity contribution < 1.29 is 14.7 Å². The highest BCUT2D eigenvalue weighted by Crippen LogP contribution is 2.41. The predicted molar refractivity (Wildman–Crippen MR) is 90.0 cm³/mol. The second-order valence-corrected chi connectivity index (χ2v) is 8.17. The van der Waals surface area contributed by atoms with Crippen LogP contribution in [0.5, 0.6) is 0 Å². The Bertz CT molecular complexity index is 632. The van der Waals surface area contributed by atoms with Crippen LogP contribution >= 0.6 is 0 Å². The lowest BCUT2D eigenvalue weighted by atomic mass is 9.86. The fraction of sp³-hybridized carbons (Fsp3) is 0.722. The molecule has 2 N–H and O–H groups in total. The van der Waals surface area contributed by atoms with Crippen LogP contribution in [-0.4, -0.2) is 32.8 Å². The molecule has 0 spiro atoms. The number of carboxylic acid groups (broad SMARTS) is 1. The zero-order valence-corrected chi connectivity index (χ0v) is 14.7. The summed E-state index contributed by atoms with van der Waals surface area (Å²) in [6.07, 6.45) is 5.04. The van der Waals surface area contributed by atoms with E-state index in [9.17, 15) is 9.59 Å². The van der Waals surface area contributed by atoms with Crippen molar-refractivity contribution in [2.45, 2.75) is 76.8 Å². The van der Waals surface area contributed by atoms with E-state index in [0.717, 1.165) is 18.5 Å². The molecular weight excluding hydrogens is 306 g/mol. The number of carbonyl (C=O) groups excluding carboxylic acids is 1. The molecule has 3 rings (SSSR count). The second kappa shape index (κ2) is 6.22. The number of aromatic nitrogens is 2. The van der Waals surface area contributed by atoms with Gasteiger partial charge in [0.25, 0.3) is 5.91 Å². The number of nitrogens with one attached hydrogen (secondary N) is 1. The minimum absolute atomic E-state index is 0.0530. The molecule has 1 aromatic rings. The molecule has 2 aliphatic rings. The summed E-state index contributed by atoms with van der Waals surface area (Å²) in [6, 6.07) is 1.98. The van der Waals surface area contributed by atoms with Crippen LogP contribution in [0.1, 0.15) is 81.4 Å². The Morgan fingerprint density at radius 2 is 1.79 bits per heavy atom. The molecule has 1 amide bonds. The fourth-order valence-corrected chi connectivity index (χ4v) is 3.46. The Kier molecular flexibility index (Phi) is 4.40. The Balaban J connectivity index is 1.66. The van der Waals surface area contributed by atoms with Crippen molar-refractivity contribution in [1.82, 2.24) is 15.1 Å². The molecule has 0 radical (unpaired) electrons. The first-order valence-corrected chi connectivity index (χ1v) is 8.90. The summed E-state index contributed by atoms with van der Waals surface area (Å²) in [7, 11) is 0. The van der Waals surface area contributed by atoms with E-state index in [0.29, 0.717) is 24.5 Å². The van der Waals surface area contributed by atoms with Gasteiger partial charge in [0.05, 0.1) is 11.5 Å². The van der Waals surface area contributed by atoms with Crippen molar-refractivity contribution in [3.63, 3.8) is 0 Å². The van der Waals surface area contributed by atoms with Gasteiger partial charge < -0.3 is 10.4 Å². The largest absolute Gasteiger partial charge is 0.481 e. The summed E-state index contributed by atoms with van der Waals surface area (Å²) in [6.45, 7) is 6.29. The minimum Gasteiger partial charge on any atom is -0.481 e. The van der Waals surface area contributed by atoms with Gasteiger partial charge in [0.2, 0.25) is 0 Å². The quantitative estimate of drug-likeness (QED) is 0.887. The lowest BCUT2D eigenvalue weighted by Gasteiger charge is -2.26. The second-order valence-electron chi connectivity index (χ2n) is 8.17. The average molecular weight is 333 g/mol. The summed E-state index contributed by atoms with van der Waals surface area (Å²) in [5, 5.41) is 16.7. The molecule has 6 heteroatoms. The average Bonchev–Trinajstić information content (AvgIpc) is 3.24. The van der Waals surface area contributed by atoms with Gasteiger partial charge in [0.1, 0.15) is 5.69 Å². The van der Waals surface area contributed by atoms with Gasteiger partial charge >= 0.3 is 5.97 Å². The van der Waals surface area contributed by atoms with E-state index in [2.05, 4.69) is 31.2 Å². The van der Waals surface area contributed by atoms with Gasteiger partial charge in [-0.25, -0.2) is 0 Å². The van der Waals surface area contributed by atoms with Gasteiger partial charge in [0, 0.05) is 17.7 Å². The van der Waals surface area contributed by atoms with Crippen molar-refractivity contribution >= 4 is 11.9 Å². The molecule has 0 saturated heterocycles. The van der Waals surface area contributed by atoms with Crippen LogP contribution in [0.25, 0.3) is 0 Å². The molecular formula is C18H27N3O3. The molecule has 1 aromatic heterocycles. The van der Waals surface area contributed by atoms with Crippen molar-refractivity contribution in [3.05, 3.63) is 17.5 Å². The van der Waals surface area contributed by atoms with Gasteiger partial charge in [-0.2, -0.15) is 5.10 Å². The van der Waals surface area contributed by atoms with Gasteiger partial charge in [0.15, 0.2) is 0 Å². The van der Waals surface area contributed by atoms with Crippen LogP contribution < -0.4 is 5.32 Å². The summed E-state index contributed by atoms with van der Waals surface area (Å²) in [5.74, 6) is -0.597. The van der Waals surface area contributed by atoms with Crippen LogP contribution in [0, 0.1) is 5.92 Å². The van der Waals surface area contributed by atoms with Crippen LogP contribution in [0.3, 0.4) is 0 Å². The van der Waals surface area contributed by atoms with Gasteiger partial charge in [-0.05, 0) is 65.4 Å². The summed E-state index contributed by atoms with van der Waals surface area (Å²) in [5.41, 5.74) is 1.49. The molecule has 2 fully saturated rings. The first-order chi connectivity index (χ1) is 11.3. The van der Waals surface area contributed by atoms with Gasteiger partial charge in [-0.15, -0.1) is 0 Å². The number of hydrogen-bond acceptors (Lipinski definition) is 3. The van der Waals surface area contributed by atoms with E-state index >= 15 is 0 Å². The van der Waals surface area contributed by atoms with E-state index in [4.69, 9.17) is 5.11 Å². The number of carbonyl (C=O) groups is 2. The van der Waals surface area contributed by atoms with Crippen molar-refractivity contribution in [2.24, 2.45) is 5.92 Å². The summed E-state index contributed by atoms with van der Waals surface area (Å²) < 4.78 is 1.99. The van der Waals surface area contributed by atoms with E-state index < -0.39 is 5.97 Å². The molecule has 0 aliphatic heterocycles. The van der Waals surface area contributed by atoms with Gasteiger partial charge in [-0.1, -0.05) is 0 Å². The number of hydrogen-bond donors (Lipinski definition) is 2. The Hall–Kier alpha value is -1.85. The number of carboxylic acids is 1. The highest BCUT2D eigenvalue weighted by atomic mass is 16.4. The molecule has 0 aromatic carbocycles. The monoisotopic (exact) mass is 333 g/mol. The molecule has 0 unspecified atom stereocenters. The summed E-state index contributed by atoms with van der Waals surface area (Å²) >= 11 is 0. The lowest BCUT2D eigenvalue weighted by molar-refractivity contribution is -0.142. The van der Waals surface area contributed by atoms with E-state index in [-0.39, 0.29) is 23.4 Å². The van der Waals surface area contributed by atoms with Crippen LogP contribution in [-0.2, 0) is 10.3 Å². The summed E-state index contributed by atoms with van der Waals surface area (Å²) in [4.78, 5) is 23.6. The third-order valence-corrected chi connectivity index (χ3v) is 5.01. The van der Waals surface area contributed by atoms with Crippen LogP contribution in [0.2, 0.25) is 0 Å². The SMILES string of the molecule is CC(C)(C)n1nc(C(=O)NC2CCC(C(=O)O)CC2)cc1C1CC1. The maximum atomic E-state index is 12.6. The predicted octanol–water partition coefficient (Wildman–Crippen LogP) is 2.89. The van der Waals surface area contributed by atoms with Crippen molar-refractivity contribution in [1.29, 1.82) is 0 Å². The van der Waals surface area contributed by atoms with Crippen molar-refractivity contribution in [3.8, 4) is 0 Å². The molecule has 1 heterocycles. The molecule has 2 aliphatic carbocycles. The molecule has 24 heavy (non-hydrogen) atoms. The normalized spacial score (nSPS) is 24.6. The fourth-order valence-electron chi connectivity index (χ4n) is 3.46. The van der Waals surface area contributed by atoms with Crippen LogP contribution in [0.4, 0.5) is 0 Å².